The zero-order valence-electron chi connectivity index (χ0n) is 11.8. The molecule has 3 heterocycles. The molecule has 2 aromatic rings. The number of rotatable bonds is 4. The van der Waals surface area contributed by atoms with Crippen molar-refractivity contribution in [1.29, 1.82) is 5.26 Å². The zero-order valence-corrected chi connectivity index (χ0v) is 13.3. The van der Waals surface area contributed by atoms with Gasteiger partial charge in [-0.1, -0.05) is 29.8 Å². The predicted molar refractivity (Wildman–Crippen MR) is 85.5 cm³/mol. The normalized spacial score (nSPS) is 13.5. The van der Waals surface area contributed by atoms with E-state index in [1.54, 1.807) is 4.68 Å². The zero-order chi connectivity index (χ0) is 15.7. The van der Waals surface area contributed by atoms with Gasteiger partial charge in [0.15, 0.2) is 5.82 Å². The molecule has 0 unspecified atom stereocenters. The highest BCUT2D eigenvalue weighted by atomic mass is 35.5. The number of halogens is 2. The fraction of sp³-hybridized carbons (Fsp3) is 0.357. The molecule has 0 radical (unpaired) electrons. The molecule has 2 aromatic heterocycles. The van der Waals surface area contributed by atoms with E-state index in [4.69, 9.17) is 23.2 Å². The minimum absolute atomic E-state index is 0.327. The maximum Gasteiger partial charge on any atom is 0.196 e. The Hall–Kier alpha value is -1.97. The molecule has 8 heteroatoms. The van der Waals surface area contributed by atoms with E-state index in [2.05, 4.69) is 28.2 Å². The summed E-state index contributed by atoms with van der Waals surface area (Å²) in [6.07, 6.45) is 4.57. The fourth-order valence-electron chi connectivity index (χ4n) is 2.51. The van der Waals surface area contributed by atoms with E-state index in [-0.39, 0.29) is 0 Å². The molecule has 0 aromatic carbocycles. The van der Waals surface area contributed by atoms with Crippen LogP contribution in [-0.4, -0.2) is 26.1 Å². The van der Waals surface area contributed by atoms with E-state index in [1.807, 2.05) is 4.68 Å². The number of nitrogens with one attached hydrogen (secondary N) is 1. The first kappa shape index (κ1) is 14.9. The van der Waals surface area contributed by atoms with Gasteiger partial charge in [0.1, 0.15) is 22.5 Å². The number of hydrogen-bond acceptors (Lipinski definition) is 4. The average Bonchev–Trinajstić information content (AvgIpc) is 3.06. The second-order valence-electron chi connectivity index (χ2n) is 5.07. The molecule has 6 nitrogen and oxygen atoms in total. The van der Waals surface area contributed by atoms with Gasteiger partial charge in [0.2, 0.25) is 0 Å². The van der Waals surface area contributed by atoms with Gasteiger partial charge in [-0.25, -0.2) is 0 Å². The first-order valence-corrected chi connectivity index (χ1v) is 7.68. The van der Waals surface area contributed by atoms with E-state index in [0.717, 1.165) is 31.5 Å². The molecule has 0 atom stereocenters. The third-order valence-electron chi connectivity index (χ3n) is 3.55. The van der Waals surface area contributed by atoms with Crippen LogP contribution in [0.4, 0.5) is 5.82 Å². The Kier molecular flexibility index (Phi) is 4.10. The first-order chi connectivity index (χ1) is 10.6. The molecular formula is C14H14Cl2N6. The van der Waals surface area contributed by atoms with Gasteiger partial charge in [-0.2, -0.15) is 20.1 Å². The van der Waals surface area contributed by atoms with E-state index >= 15 is 0 Å². The highest BCUT2D eigenvalue weighted by molar-refractivity contribution is 6.33. The Bertz CT molecular complexity index is 767. The van der Waals surface area contributed by atoms with E-state index in [1.165, 1.54) is 6.20 Å². The fourth-order valence-corrected chi connectivity index (χ4v) is 2.89. The minimum atomic E-state index is 0.327. The molecular weight excluding hydrogens is 323 g/mol. The highest BCUT2D eigenvalue weighted by Gasteiger charge is 2.23. The molecule has 0 saturated heterocycles. The van der Waals surface area contributed by atoms with Crippen LogP contribution in [0.25, 0.3) is 5.82 Å². The molecule has 0 amide bonds. The third-order valence-corrected chi connectivity index (χ3v) is 4.07. The summed E-state index contributed by atoms with van der Waals surface area (Å²) in [7, 11) is 0. The number of anilines is 1. The minimum Gasteiger partial charge on any atom is -0.364 e. The van der Waals surface area contributed by atoms with Crippen LogP contribution in [0.3, 0.4) is 0 Å². The van der Waals surface area contributed by atoms with Gasteiger partial charge in [-0.05, 0) is 19.3 Å². The Labute approximate surface area is 137 Å². The summed E-state index contributed by atoms with van der Waals surface area (Å²) in [5.74, 6) is 1.05. The van der Waals surface area contributed by atoms with Gasteiger partial charge in [-0.15, -0.1) is 0 Å². The molecule has 22 heavy (non-hydrogen) atoms. The van der Waals surface area contributed by atoms with E-state index in [9.17, 15) is 5.26 Å². The van der Waals surface area contributed by atoms with E-state index < -0.39 is 0 Å². The standard InChI is InChI=1S/C14H14Cl2N6/c1-9(15)7-18-13-10(6-17)8-19-22(13)14-12(16)11-4-2-3-5-21(11)20-14/h8,18H,1-5,7H2. The van der Waals surface area contributed by atoms with Crippen LogP contribution < -0.4 is 5.32 Å². The Morgan fingerprint density at radius 1 is 1.50 bits per heavy atom. The quantitative estimate of drug-likeness (QED) is 0.931. The number of nitriles is 1. The van der Waals surface area contributed by atoms with Crippen molar-refractivity contribution >= 4 is 29.0 Å². The maximum atomic E-state index is 9.22. The van der Waals surface area contributed by atoms with Crippen molar-refractivity contribution in [2.75, 3.05) is 11.9 Å². The lowest BCUT2D eigenvalue weighted by molar-refractivity contribution is 0.484. The Balaban J connectivity index is 2.05. The summed E-state index contributed by atoms with van der Waals surface area (Å²) in [5.41, 5.74) is 1.42. The molecule has 1 aliphatic heterocycles. The summed E-state index contributed by atoms with van der Waals surface area (Å²) in [6.45, 7) is 4.80. The monoisotopic (exact) mass is 336 g/mol. The topological polar surface area (TPSA) is 71.5 Å². The molecule has 0 aliphatic carbocycles. The molecule has 0 spiro atoms. The smallest absolute Gasteiger partial charge is 0.196 e. The second-order valence-corrected chi connectivity index (χ2v) is 5.98. The van der Waals surface area contributed by atoms with Crippen molar-refractivity contribution in [2.45, 2.75) is 25.8 Å². The van der Waals surface area contributed by atoms with Crippen LogP contribution in [-0.2, 0) is 13.0 Å². The van der Waals surface area contributed by atoms with E-state index in [0.29, 0.717) is 33.8 Å². The summed E-state index contributed by atoms with van der Waals surface area (Å²) in [6, 6.07) is 2.09. The Morgan fingerprint density at radius 3 is 3.00 bits per heavy atom. The highest BCUT2D eigenvalue weighted by Crippen LogP contribution is 2.31. The molecule has 0 saturated carbocycles. The third kappa shape index (κ3) is 2.58. The van der Waals surface area contributed by atoms with Gasteiger partial charge in [0, 0.05) is 11.6 Å². The Morgan fingerprint density at radius 2 is 2.32 bits per heavy atom. The SMILES string of the molecule is C=C(Cl)CNc1c(C#N)cnn1-c1nn2c(c1Cl)CCCC2. The van der Waals surface area contributed by atoms with Gasteiger partial charge < -0.3 is 5.32 Å². The maximum absolute atomic E-state index is 9.22. The van der Waals surface area contributed by atoms with Crippen LogP contribution in [0.5, 0.6) is 0 Å². The average molecular weight is 337 g/mol. The van der Waals surface area contributed by atoms with Gasteiger partial charge >= 0.3 is 0 Å². The van der Waals surface area contributed by atoms with Crippen LogP contribution >= 0.6 is 23.2 Å². The van der Waals surface area contributed by atoms with Crippen molar-refractivity contribution in [3.8, 4) is 11.9 Å². The van der Waals surface area contributed by atoms with Crippen molar-refractivity contribution in [3.63, 3.8) is 0 Å². The summed E-state index contributed by atoms with van der Waals surface area (Å²) in [4.78, 5) is 0. The number of hydrogen-bond donors (Lipinski definition) is 1. The first-order valence-electron chi connectivity index (χ1n) is 6.92. The molecule has 1 N–H and O–H groups in total. The summed E-state index contributed by atoms with van der Waals surface area (Å²) in [5, 5.41) is 22.1. The van der Waals surface area contributed by atoms with Crippen LogP contribution in [0, 0.1) is 11.3 Å². The van der Waals surface area contributed by atoms with Gasteiger partial charge in [0.05, 0.1) is 18.4 Å². The van der Waals surface area contributed by atoms with Gasteiger partial charge in [0.25, 0.3) is 0 Å². The molecule has 3 rings (SSSR count). The van der Waals surface area contributed by atoms with Crippen molar-refractivity contribution in [2.24, 2.45) is 0 Å². The number of fused-ring (bicyclic) bond motifs is 1. The van der Waals surface area contributed by atoms with Crippen molar-refractivity contribution in [1.82, 2.24) is 19.6 Å². The second kappa shape index (κ2) is 6.03. The number of aryl methyl sites for hydroxylation is 1. The van der Waals surface area contributed by atoms with Gasteiger partial charge in [-0.3, -0.25) is 4.68 Å². The molecule has 0 bridgehead atoms. The van der Waals surface area contributed by atoms with Crippen molar-refractivity contribution < 1.29 is 0 Å². The number of nitrogens with zero attached hydrogens (tertiary/aromatic N) is 5. The molecule has 1 aliphatic rings. The lowest BCUT2D eigenvalue weighted by Crippen LogP contribution is -2.12. The summed E-state index contributed by atoms with van der Waals surface area (Å²) < 4.78 is 3.46. The van der Waals surface area contributed by atoms with Crippen molar-refractivity contribution in [3.05, 3.63) is 34.1 Å². The predicted octanol–water partition coefficient (Wildman–Crippen LogP) is 3.09. The molecule has 114 valence electrons. The lowest BCUT2D eigenvalue weighted by atomic mass is 10.1. The van der Waals surface area contributed by atoms with Crippen LogP contribution in [0.1, 0.15) is 24.1 Å². The van der Waals surface area contributed by atoms with Crippen LogP contribution in [0.2, 0.25) is 5.02 Å². The number of aromatic nitrogens is 4. The largest absolute Gasteiger partial charge is 0.364 e. The summed E-state index contributed by atoms with van der Waals surface area (Å²) >= 11 is 12.3. The molecule has 0 fully saturated rings. The van der Waals surface area contributed by atoms with Crippen LogP contribution in [0.15, 0.2) is 17.8 Å². The lowest BCUT2D eigenvalue weighted by Gasteiger charge is -2.12.